The van der Waals surface area contributed by atoms with E-state index >= 15 is 0 Å². The van der Waals surface area contributed by atoms with Gasteiger partial charge in [0.25, 0.3) is 0 Å². The first kappa shape index (κ1) is 13.0. The molecule has 0 amide bonds. The molecule has 0 bridgehead atoms. The number of ether oxygens (including phenoxy) is 1. The second kappa shape index (κ2) is 6.49. The van der Waals surface area contributed by atoms with Crippen molar-refractivity contribution in [2.45, 2.75) is 58.6 Å². The maximum absolute atomic E-state index is 5.49. The summed E-state index contributed by atoms with van der Waals surface area (Å²) in [5.41, 5.74) is 0. The van der Waals surface area contributed by atoms with Gasteiger partial charge in [-0.05, 0) is 38.1 Å². The summed E-state index contributed by atoms with van der Waals surface area (Å²) in [4.78, 5) is 0. The van der Waals surface area contributed by atoms with Crippen molar-refractivity contribution in [3.63, 3.8) is 0 Å². The highest BCUT2D eigenvalue weighted by Crippen LogP contribution is 2.32. The van der Waals surface area contributed by atoms with Gasteiger partial charge in [-0.15, -0.1) is 0 Å². The molecule has 0 saturated heterocycles. The SMILES string of the molecule is CCNC(C1CCCC(C)C1)C(C)OC. The van der Waals surface area contributed by atoms with E-state index in [2.05, 4.69) is 26.1 Å². The van der Waals surface area contributed by atoms with Gasteiger partial charge < -0.3 is 10.1 Å². The third-order valence-corrected chi connectivity index (χ3v) is 3.80. The molecule has 4 atom stereocenters. The van der Waals surface area contributed by atoms with Gasteiger partial charge >= 0.3 is 0 Å². The van der Waals surface area contributed by atoms with Crippen LogP contribution in [0.25, 0.3) is 0 Å². The molecule has 0 aromatic rings. The molecule has 0 heterocycles. The van der Waals surface area contributed by atoms with Crippen LogP contribution in [-0.2, 0) is 4.74 Å². The molecule has 0 aromatic carbocycles. The van der Waals surface area contributed by atoms with E-state index in [4.69, 9.17) is 4.74 Å². The molecule has 1 saturated carbocycles. The van der Waals surface area contributed by atoms with Gasteiger partial charge in [0.15, 0.2) is 0 Å². The fourth-order valence-corrected chi connectivity index (χ4v) is 2.91. The van der Waals surface area contributed by atoms with Crippen molar-refractivity contribution in [2.24, 2.45) is 11.8 Å². The van der Waals surface area contributed by atoms with Gasteiger partial charge in [-0.2, -0.15) is 0 Å². The van der Waals surface area contributed by atoms with Crippen LogP contribution < -0.4 is 5.32 Å². The van der Waals surface area contributed by atoms with Crippen LogP contribution in [0.2, 0.25) is 0 Å². The molecule has 1 fully saturated rings. The van der Waals surface area contributed by atoms with Crippen molar-refractivity contribution in [1.82, 2.24) is 5.32 Å². The Morgan fingerprint density at radius 2 is 2.13 bits per heavy atom. The maximum Gasteiger partial charge on any atom is 0.0698 e. The zero-order valence-corrected chi connectivity index (χ0v) is 10.8. The molecule has 2 nitrogen and oxygen atoms in total. The van der Waals surface area contributed by atoms with Gasteiger partial charge in [-0.3, -0.25) is 0 Å². The smallest absolute Gasteiger partial charge is 0.0698 e. The van der Waals surface area contributed by atoms with Crippen molar-refractivity contribution < 1.29 is 4.74 Å². The number of nitrogens with one attached hydrogen (secondary N) is 1. The van der Waals surface area contributed by atoms with E-state index in [0.717, 1.165) is 18.4 Å². The number of likely N-dealkylation sites (N-methyl/N-ethyl adjacent to an activating group) is 1. The standard InChI is InChI=1S/C13H27NO/c1-5-14-13(11(3)15-4)12-8-6-7-10(2)9-12/h10-14H,5-9H2,1-4H3. The molecule has 0 aromatic heterocycles. The Bertz CT molecular complexity index is 172. The number of hydrogen-bond acceptors (Lipinski definition) is 2. The summed E-state index contributed by atoms with van der Waals surface area (Å²) in [7, 11) is 1.82. The van der Waals surface area contributed by atoms with Crippen LogP contribution >= 0.6 is 0 Å². The van der Waals surface area contributed by atoms with Crippen molar-refractivity contribution in [3.05, 3.63) is 0 Å². The van der Waals surface area contributed by atoms with Crippen LogP contribution in [-0.4, -0.2) is 25.8 Å². The van der Waals surface area contributed by atoms with Crippen LogP contribution in [0.1, 0.15) is 46.5 Å². The zero-order valence-electron chi connectivity index (χ0n) is 10.8. The fourth-order valence-electron chi connectivity index (χ4n) is 2.91. The summed E-state index contributed by atoms with van der Waals surface area (Å²) < 4.78 is 5.49. The Balaban J connectivity index is 2.53. The predicted octanol–water partition coefficient (Wildman–Crippen LogP) is 2.83. The topological polar surface area (TPSA) is 21.3 Å². The first-order valence-electron chi connectivity index (χ1n) is 6.45. The Kier molecular flexibility index (Phi) is 5.62. The number of hydrogen-bond donors (Lipinski definition) is 1. The molecule has 2 heteroatoms. The zero-order chi connectivity index (χ0) is 11.3. The molecule has 1 N–H and O–H groups in total. The van der Waals surface area contributed by atoms with Crippen LogP contribution in [0.4, 0.5) is 0 Å². The van der Waals surface area contributed by atoms with Gasteiger partial charge in [0, 0.05) is 13.2 Å². The Hall–Kier alpha value is -0.0800. The lowest BCUT2D eigenvalue weighted by Gasteiger charge is -2.36. The van der Waals surface area contributed by atoms with Gasteiger partial charge in [0.2, 0.25) is 0 Å². The lowest BCUT2D eigenvalue weighted by atomic mass is 9.77. The molecule has 1 rings (SSSR count). The van der Waals surface area contributed by atoms with Gasteiger partial charge in [-0.1, -0.05) is 26.7 Å². The molecule has 15 heavy (non-hydrogen) atoms. The Labute approximate surface area is 94.8 Å². The highest BCUT2D eigenvalue weighted by Gasteiger charge is 2.29. The highest BCUT2D eigenvalue weighted by molar-refractivity contribution is 4.85. The quantitative estimate of drug-likeness (QED) is 0.758. The van der Waals surface area contributed by atoms with Gasteiger partial charge in [0.05, 0.1) is 6.10 Å². The van der Waals surface area contributed by atoms with E-state index in [1.54, 1.807) is 0 Å². The van der Waals surface area contributed by atoms with E-state index in [1.165, 1.54) is 25.7 Å². The molecular weight excluding hydrogens is 186 g/mol. The summed E-state index contributed by atoms with van der Waals surface area (Å²) in [6.45, 7) is 7.80. The number of methoxy groups -OCH3 is 1. The molecule has 90 valence electrons. The molecule has 0 spiro atoms. The third-order valence-electron chi connectivity index (χ3n) is 3.80. The molecule has 4 unspecified atom stereocenters. The van der Waals surface area contributed by atoms with Crippen molar-refractivity contribution in [2.75, 3.05) is 13.7 Å². The van der Waals surface area contributed by atoms with Crippen LogP contribution in [0.3, 0.4) is 0 Å². The molecule has 1 aliphatic carbocycles. The van der Waals surface area contributed by atoms with E-state index in [1.807, 2.05) is 7.11 Å². The first-order chi connectivity index (χ1) is 7.19. The number of rotatable bonds is 5. The van der Waals surface area contributed by atoms with Crippen molar-refractivity contribution >= 4 is 0 Å². The molecular formula is C13H27NO. The van der Waals surface area contributed by atoms with E-state index in [9.17, 15) is 0 Å². The first-order valence-corrected chi connectivity index (χ1v) is 6.45. The van der Waals surface area contributed by atoms with E-state index in [-0.39, 0.29) is 0 Å². The van der Waals surface area contributed by atoms with Gasteiger partial charge in [0.1, 0.15) is 0 Å². The summed E-state index contributed by atoms with van der Waals surface area (Å²) >= 11 is 0. The summed E-state index contributed by atoms with van der Waals surface area (Å²) in [5.74, 6) is 1.71. The lowest BCUT2D eigenvalue weighted by Crippen LogP contribution is -2.46. The normalized spacial score (nSPS) is 31.2. The van der Waals surface area contributed by atoms with Gasteiger partial charge in [-0.25, -0.2) is 0 Å². The minimum Gasteiger partial charge on any atom is -0.380 e. The minimum absolute atomic E-state index is 0.334. The van der Waals surface area contributed by atoms with Crippen molar-refractivity contribution in [3.8, 4) is 0 Å². The second-order valence-corrected chi connectivity index (χ2v) is 5.06. The highest BCUT2D eigenvalue weighted by atomic mass is 16.5. The van der Waals surface area contributed by atoms with E-state index < -0.39 is 0 Å². The second-order valence-electron chi connectivity index (χ2n) is 5.06. The average molecular weight is 213 g/mol. The van der Waals surface area contributed by atoms with Crippen LogP contribution in [0, 0.1) is 11.8 Å². The summed E-state index contributed by atoms with van der Waals surface area (Å²) in [6.07, 6.45) is 5.88. The summed E-state index contributed by atoms with van der Waals surface area (Å²) in [6, 6.07) is 0.544. The average Bonchev–Trinajstić information content (AvgIpc) is 2.25. The lowest BCUT2D eigenvalue weighted by molar-refractivity contribution is 0.0478. The fraction of sp³-hybridized carbons (Fsp3) is 1.00. The Morgan fingerprint density at radius 1 is 1.40 bits per heavy atom. The third kappa shape index (κ3) is 3.76. The monoisotopic (exact) mass is 213 g/mol. The summed E-state index contributed by atoms with van der Waals surface area (Å²) in [5, 5.41) is 3.60. The van der Waals surface area contributed by atoms with E-state index in [0.29, 0.717) is 12.1 Å². The minimum atomic E-state index is 0.334. The predicted molar refractivity (Wildman–Crippen MR) is 65.1 cm³/mol. The largest absolute Gasteiger partial charge is 0.380 e. The maximum atomic E-state index is 5.49. The molecule has 1 aliphatic rings. The Morgan fingerprint density at radius 3 is 2.67 bits per heavy atom. The molecule has 0 radical (unpaired) electrons. The van der Waals surface area contributed by atoms with Crippen LogP contribution in [0.15, 0.2) is 0 Å². The van der Waals surface area contributed by atoms with Crippen LogP contribution in [0.5, 0.6) is 0 Å². The van der Waals surface area contributed by atoms with Crippen molar-refractivity contribution in [1.29, 1.82) is 0 Å². The molecule has 0 aliphatic heterocycles.